The smallest absolute Gasteiger partial charge is 0.0228 e. The molecule has 0 N–H and O–H groups in total. The van der Waals surface area contributed by atoms with Crippen molar-refractivity contribution >= 4 is 0 Å². The van der Waals surface area contributed by atoms with Gasteiger partial charge < -0.3 is 0 Å². The zero-order valence-electron chi connectivity index (χ0n) is 7.69. The molecule has 11 heavy (non-hydrogen) atoms. The van der Waals surface area contributed by atoms with Gasteiger partial charge in [0.25, 0.3) is 0 Å². The fourth-order valence-corrected chi connectivity index (χ4v) is 1.56. The maximum absolute atomic E-state index is 3.38. The Balaban J connectivity index is 2.45. The molecular weight excluding hydrogens is 132 g/mol. The van der Waals surface area contributed by atoms with Gasteiger partial charge in [-0.15, -0.1) is 5.92 Å². The molecule has 1 aliphatic carbocycles. The average Bonchev–Trinajstić information content (AvgIpc) is 2.30. The first kappa shape index (κ1) is 8.65. The molecule has 0 aromatic rings. The number of hydrogen-bond acceptors (Lipinski definition) is 0. The van der Waals surface area contributed by atoms with Gasteiger partial charge in [0.15, 0.2) is 0 Å². The van der Waals surface area contributed by atoms with Gasteiger partial charge in [-0.2, -0.15) is 0 Å². The standard InChI is InChI=1S/C11H18/c1-3-10(2)11-8-6-4-5-7-9-11/h10-11H,3-6,8H2,1-2H3. The van der Waals surface area contributed by atoms with Gasteiger partial charge in [-0.25, -0.2) is 0 Å². The lowest BCUT2D eigenvalue weighted by Crippen LogP contribution is -2.07. The van der Waals surface area contributed by atoms with Crippen LogP contribution in [0.25, 0.3) is 0 Å². The topological polar surface area (TPSA) is 0 Å². The minimum atomic E-state index is 0.697. The summed E-state index contributed by atoms with van der Waals surface area (Å²) in [4.78, 5) is 0. The molecule has 1 aliphatic rings. The Labute approximate surface area is 70.4 Å². The van der Waals surface area contributed by atoms with Crippen molar-refractivity contribution in [3.05, 3.63) is 0 Å². The summed E-state index contributed by atoms with van der Waals surface area (Å²) in [6.45, 7) is 4.59. The van der Waals surface area contributed by atoms with Gasteiger partial charge >= 0.3 is 0 Å². The van der Waals surface area contributed by atoms with Gasteiger partial charge in [0.1, 0.15) is 0 Å². The molecule has 0 heterocycles. The number of hydrogen-bond donors (Lipinski definition) is 0. The summed E-state index contributed by atoms with van der Waals surface area (Å²) in [7, 11) is 0. The molecule has 0 amide bonds. The normalized spacial score (nSPS) is 26.5. The van der Waals surface area contributed by atoms with Gasteiger partial charge in [0, 0.05) is 12.3 Å². The molecule has 0 fully saturated rings. The van der Waals surface area contributed by atoms with E-state index in [-0.39, 0.29) is 0 Å². The van der Waals surface area contributed by atoms with Crippen molar-refractivity contribution in [2.45, 2.75) is 46.0 Å². The van der Waals surface area contributed by atoms with Crippen molar-refractivity contribution < 1.29 is 0 Å². The molecular formula is C11H18. The zero-order valence-corrected chi connectivity index (χ0v) is 7.69. The van der Waals surface area contributed by atoms with Gasteiger partial charge in [0.05, 0.1) is 0 Å². The summed E-state index contributed by atoms with van der Waals surface area (Å²) in [6.07, 6.45) is 6.43. The van der Waals surface area contributed by atoms with Crippen LogP contribution in [-0.4, -0.2) is 0 Å². The Morgan fingerprint density at radius 1 is 1.45 bits per heavy atom. The molecule has 1 rings (SSSR count). The third-order valence-corrected chi connectivity index (χ3v) is 2.69. The minimum absolute atomic E-state index is 0.697. The van der Waals surface area contributed by atoms with E-state index >= 15 is 0 Å². The summed E-state index contributed by atoms with van der Waals surface area (Å²) in [5, 5.41) is 0. The van der Waals surface area contributed by atoms with Crippen molar-refractivity contribution in [2.75, 3.05) is 0 Å². The molecule has 0 saturated carbocycles. The summed E-state index contributed by atoms with van der Waals surface area (Å²) in [5.41, 5.74) is 0. The van der Waals surface area contributed by atoms with Crippen molar-refractivity contribution in [1.29, 1.82) is 0 Å². The van der Waals surface area contributed by atoms with E-state index in [0.717, 1.165) is 12.3 Å². The maximum atomic E-state index is 3.38. The fourth-order valence-electron chi connectivity index (χ4n) is 1.56. The monoisotopic (exact) mass is 150 g/mol. The van der Waals surface area contributed by atoms with Gasteiger partial charge in [-0.1, -0.05) is 32.6 Å². The van der Waals surface area contributed by atoms with Crippen molar-refractivity contribution in [1.82, 2.24) is 0 Å². The molecule has 0 aromatic heterocycles. The van der Waals surface area contributed by atoms with Crippen LogP contribution < -0.4 is 0 Å². The highest BCUT2D eigenvalue weighted by molar-refractivity contribution is 5.06. The maximum Gasteiger partial charge on any atom is 0.0228 e. The van der Waals surface area contributed by atoms with Crippen LogP contribution in [0, 0.1) is 23.7 Å². The lowest BCUT2D eigenvalue weighted by atomic mass is 9.89. The lowest BCUT2D eigenvalue weighted by molar-refractivity contribution is 0.398. The van der Waals surface area contributed by atoms with Crippen LogP contribution in [-0.2, 0) is 0 Å². The quantitative estimate of drug-likeness (QED) is 0.530. The second-order valence-electron chi connectivity index (χ2n) is 3.56. The van der Waals surface area contributed by atoms with E-state index in [1.165, 1.54) is 25.7 Å². The van der Waals surface area contributed by atoms with Crippen molar-refractivity contribution in [2.24, 2.45) is 11.8 Å². The summed E-state index contributed by atoms with van der Waals surface area (Å²) in [6, 6.07) is 0. The third kappa shape index (κ3) is 2.58. The predicted octanol–water partition coefficient (Wildman–Crippen LogP) is 3.23. The molecule has 0 radical (unpaired) electrons. The minimum Gasteiger partial charge on any atom is -0.103 e. The van der Waals surface area contributed by atoms with Crippen LogP contribution in [0.1, 0.15) is 46.0 Å². The highest BCUT2D eigenvalue weighted by Crippen LogP contribution is 2.22. The van der Waals surface area contributed by atoms with Crippen molar-refractivity contribution in [3.8, 4) is 11.8 Å². The molecule has 2 atom stereocenters. The first-order valence-electron chi connectivity index (χ1n) is 4.83. The van der Waals surface area contributed by atoms with Crippen LogP contribution in [0.15, 0.2) is 0 Å². The van der Waals surface area contributed by atoms with E-state index in [1.807, 2.05) is 0 Å². The van der Waals surface area contributed by atoms with Crippen molar-refractivity contribution in [3.63, 3.8) is 0 Å². The Kier molecular flexibility index (Phi) is 3.49. The van der Waals surface area contributed by atoms with Gasteiger partial charge in [0.2, 0.25) is 0 Å². The average molecular weight is 150 g/mol. The van der Waals surface area contributed by atoms with E-state index in [4.69, 9.17) is 0 Å². The van der Waals surface area contributed by atoms with E-state index < -0.39 is 0 Å². The first-order valence-corrected chi connectivity index (χ1v) is 4.83. The molecule has 0 aliphatic heterocycles. The summed E-state index contributed by atoms with van der Waals surface area (Å²) in [5.74, 6) is 8.15. The molecule has 0 nitrogen and oxygen atoms in total. The van der Waals surface area contributed by atoms with Gasteiger partial charge in [-0.3, -0.25) is 0 Å². The Bertz CT molecular complexity index is 159. The zero-order chi connectivity index (χ0) is 8.10. The van der Waals surface area contributed by atoms with Crippen LogP contribution in [0.5, 0.6) is 0 Å². The molecule has 62 valence electrons. The highest BCUT2D eigenvalue weighted by atomic mass is 14.2. The Morgan fingerprint density at radius 3 is 3.00 bits per heavy atom. The second-order valence-corrected chi connectivity index (χ2v) is 3.56. The SMILES string of the molecule is CCC(C)C1C#CCCCC1. The van der Waals surface area contributed by atoms with Crippen LogP contribution in [0.2, 0.25) is 0 Å². The van der Waals surface area contributed by atoms with Crippen LogP contribution in [0.3, 0.4) is 0 Å². The molecule has 0 bridgehead atoms. The predicted molar refractivity (Wildman–Crippen MR) is 49.2 cm³/mol. The Hall–Kier alpha value is -0.440. The molecule has 2 unspecified atom stereocenters. The van der Waals surface area contributed by atoms with E-state index in [2.05, 4.69) is 25.7 Å². The Morgan fingerprint density at radius 2 is 2.27 bits per heavy atom. The largest absolute Gasteiger partial charge is 0.103 e. The van der Waals surface area contributed by atoms with E-state index in [0.29, 0.717) is 5.92 Å². The lowest BCUT2D eigenvalue weighted by Gasteiger charge is -2.15. The second kappa shape index (κ2) is 4.44. The van der Waals surface area contributed by atoms with E-state index in [9.17, 15) is 0 Å². The molecule has 0 saturated heterocycles. The highest BCUT2D eigenvalue weighted by Gasteiger charge is 2.13. The summed E-state index contributed by atoms with van der Waals surface area (Å²) < 4.78 is 0. The van der Waals surface area contributed by atoms with Crippen LogP contribution >= 0.6 is 0 Å². The molecule has 0 aromatic carbocycles. The number of rotatable bonds is 2. The molecule has 0 heteroatoms. The molecule has 0 spiro atoms. The third-order valence-electron chi connectivity index (χ3n) is 2.69. The van der Waals surface area contributed by atoms with E-state index in [1.54, 1.807) is 0 Å². The summed E-state index contributed by atoms with van der Waals surface area (Å²) >= 11 is 0. The van der Waals surface area contributed by atoms with Gasteiger partial charge in [-0.05, 0) is 18.8 Å². The van der Waals surface area contributed by atoms with Crippen LogP contribution in [0.4, 0.5) is 0 Å². The first-order chi connectivity index (χ1) is 5.34. The fraction of sp³-hybridized carbons (Fsp3) is 0.818.